The van der Waals surface area contributed by atoms with Gasteiger partial charge >= 0.3 is 0 Å². The van der Waals surface area contributed by atoms with E-state index < -0.39 is 20.9 Å². The molecule has 76 valence electrons. The number of benzene rings is 1. The summed E-state index contributed by atoms with van der Waals surface area (Å²) in [5.41, 5.74) is 5.90. The lowest BCUT2D eigenvalue weighted by Gasteiger charge is -2.03. The molecule has 0 spiro atoms. The maximum absolute atomic E-state index is 12.8. The number of hydrogen-bond acceptors (Lipinski definition) is 3. The summed E-state index contributed by atoms with van der Waals surface area (Å²) in [6.45, 7) is 0.0820. The Labute approximate surface area is 81.7 Å². The number of halogens is 1. The molecule has 0 aliphatic carbocycles. The maximum Gasteiger partial charge on any atom is 0.183 e. The van der Waals surface area contributed by atoms with E-state index in [4.69, 9.17) is 5.73 Å². The third-order valence-electron chi connectivity index (χ3n) is 2.48. The normalized spacial score (nSPS) is 23.4. The Kier molecular flexibility index (Phi) is 2.08. The van der Waals surface area contributed by atoms with Crippen LogP contribution in [-0.2, 0) is 16.3 Å². The Morgan fingerprint density at radius 1 is 1.50 bits per heavy atom. The van der Waals surface area contributed by atoms with E-state index in [1.54, 1.807) is 0 Å². The zero-order valence-electron chi connectivity index (χ0n) is 7.40. The SMILES string of the molecule is NCC1Cc2cc(F)ccc2S1(=O)=O. The number of hydrogen-bond donors (Lipinski definition) is 1. The lowest BCUT2D eigenvalue weighted by molar-refractivity contribution is 0.587. The Morgan fingerprint density at radius 2 is 2.21 bits per heavy atom. The fraction of sp³-hybridized carbons (Fsp3) is 0.333. The van der Waals surface area contributed by atoms with E-state index in [2.05, 4.69) is 0 Å². The number of fused-ring (bicyclic) bond motifs is 1. The molecule has 1 aliphatic rings. The number of rotatable bonds is 1. The molecule has 14 heavy (non-hydrogen) atoms. The summed E-state index contributed by atoms with van der Waals surface area (Å²) in [5.74, 6) is -0.406. The van der Waals surface area contributed by atoms with E-state index in [1.165, 1.54) is 12.1 Å². The monoisotopic (exact) mass is 215 g/mol. The predicted molar refractivity (Wildman–Crippen MR) is 50.1 cm³/mol. The fourth-order valence-corrected chi connectivity index (χ4v) is 3.51. The lowest BCUT2D eigenvalue weighted by Crippen LogP contribution is -2.26. The fourth-order valence-electron chi connectivity index (χ4n) is 1.73. The molecule has 1 atom stereocenters. The van der Waals surface area contributed by atoms with Crippen molar-refractivity contribution < 1.29 is 12.8 Å². The Bertz CT molecular complexity index is 470. The van der Waals surface area contributed by atoms with Crippen LogP contribution in [0.3, 0.4) is 0 Å². The van der Waals surface area contributed by atoms with E-state index in [1.807, 2.05) is 0 Å². The zero-order valence-corrected chi connectivity index (χ0v) is 8.22. The van der Waals surface area contributed by atoms with Crippen LogP contribution in [-0.4, -0.2) is 20.2 Å². The first kappa shape index (κ1) is 9.61. The molecule has 0 saturated carbocycles. The summed E-state index contributed by atoms with van der Waals surface area (Å²) in [4.78, 5) is 0.231. The topological polar surface area (TPSA) is 60.2 Å². The maximum atomic E-state index is 12.8. The molecule has 2 N–H and O–H groups in total. The van der Waals surface area contributed by atoms with Crippen LogP contribution in [0.25, 0.3) is 0 Å². The van der Waals surface area contributed by atoms with E-state index in [0.29, 0.717) is 12.0 Å². The molecule has 5 heteroatoms. The van der Waals surface area contributed by atoms with Crippen LogP contribution in [0.2, 0.25) is 0 Å². The first-order valence-electron chi connectivity index (χ1n) is 4.28. The number of sulfone groups is 1. The van der Waals surface area contributed by atoms with Crippen molar-refractivity contribution in [2.24, 2.45) is 5.73 Å². The van der Waals surface area contributed by atoms with Gasteiger partial charge in [-0.3, -0.25) is 0 Å². The quantitative estimate of drug-likeness (QED) is 0.693. The Morgan fingerprint density at radius 3 is 2.86 bits per heavy atom. The Hall–Kier alpha value is -0.940. The van der Waals surface area contributed by atoms with E-state index in [9.17, 15) is 12.8 Å². The molecule has 2 rings (SSSR count). The standard InChI is InChI=1S/C9H10FNO2S/c10-7-1-2-9-6(3-7)4-8(5-11)14(9,12)13/h1-3,8H,4-5,11H2. The summed E-state index contributed by atoms with van der Waals surface area (Å²) in [6, 6.07) is 3.74. The van der Waals surface area contributed by atoms with E-state index in [0.717, 1.165) is 6.07 Å². The third kappa shape index (κ3) is 1.24. The minimum atomic E-state index is -3.30. The van der Waals surface area contributed by atoms with Crippen LogP contribution in [0.1, 0.15) is 5.56 Å². The average molecular weight is 215 g/mol. The molecule has 1 unspecified atom stereocenters. The molecule has 1 aromatic carbocycles. The van der Waals surface area contributed by atoms with Crippen LogP contribution in [0.15, 0.2) is 23.1 Å². The summed E-state index contributed by atoms with van der Waals surface area (Å²) in [6.07, 6.45) is 0.325. The Balaban J connectivity index is 2.60. The van der Waals surface area contributed by atoms with Crippen molar-refractivity contribution in [2.75, 3.05) is 6.54 Å². The van der Waals surface area contributed by atoms with Crippen molar-refractivity contribution in [2.45, 2.75) is 16.6 Å². The van der Waals surface area contributed by atoms with Crippen molar-refractivity contribution in [1.29, 1.82) is 0 Å². The highest BCUT2D eigenvalue weighted by atomic mass is 32.2. The molecule has 0 saturated heterocycles. The summed E-state index contributed by atoms with van der Waals surface area (Å²) >= 11 is 0. The molecule has 0 radical (unpaired) electrons. The van der Waals surface area contributed by atoms with Gasteiger partial charge in [-0.2, -0.15) is 0 Å². The summed E-state index contributed by atoms with van der Waals surface area (Å²) in [7, 11) is -3.30. The van der Waals surface area contributed by atoms with E-state index in [-0.39, 0.29) is 11.4 Å². The minimum absolute atomic E-state index is 0.0820. The zero-order chi connectivity index (χ0) is 10.3. The van der Waals surface area contributed by atoms with Crippen LogP contribution in [0.4, 0.5) is 4.39 Å². The van der Waals surface area contributed by atoms with Crippen LogP contribution < -0.4 is 5.73 Å². The van der Waals surface area contributed by atoms with Gasteiger partial charge in [0.15, 0.2) is 9.84 Å². The smallest absolute Gasteiger partial charge is 0.183 e. The van der Waals surface area contributed by atoms with E-state index >= 15 is 0 Å². The second-order valence-electron chi connectivity index (χ2n) is 3.36. The van der Waals surface area contributed by atoms with Crippen LogP contribution in [0.5, 0.6) is 0 Å². The van der Waals surface area contributed by atoms with Crippen molar-refractivity contribution in [3.05, 3.63) is 29.6 Å². The highest BCUT2D eigenvalue weighted by Gasteiger charge is 2.35. The third-order valence-corrected chi connectivity index (χ3v) is 4.73. The van der Waals surface area contributed by atoms with Gasteiger partial charge < -0.3 is 5.73 Å². The highest BCUT2D eigenvalue weighted by Crippen LogP contribution is 2.30. The molecule has 1 aliphatic heterocycles. The second kappa shape index (κ2) is 3.03. The van der Waals surface area contributed by atoms with Gasteiger partial charge in [0.1, 0.15) is 5.82 Å². The summed E-state index contributed by atoms with van der Waals surface area (Å²) in [5, 5.41) is -0.584. The largest absolute Gasteiger partial charge is 0.329 e. The van der Waals surface area contributed by atoms with Gasteiger partial charge in [-0.15, -0.1) is 0 Å². The van der Waals surface area contributed by atoms with Gasteiger partial charge in [0.05, 0.1) is 10.1 Å². The van der Waals surface area contributed by atoms with Crippen LogP contribution >= 0.6 is 0 Å². The van der Waals surface area contributed by atoms with Gasteiger partial charge in [0.2, 0.25) is 0 Å². The average Bonchev–Trinajstić information content (AvgIpc) is 2.37. The molecule has 0 fully saturated rings. The van der Waals surface area contributed by atoms with Crippen molar-refractivity contribution in [1.82, 2.24) is 0 Å². The van der Waals surface area contributed by atoms with Gasteiger partial charge in [-0.05, 0) is 30.2 Å². The van der Waals surface area contributed by atoms with Gasteiger partial charge in [0.25, 0.3) is 0 Å². The molecule has 0 amide bonds. The number of nitrogens with two attached hydrogens (primary N) is 1. The van der Waals surface area contributed by atoms with Crippen LogP contribution in [0, 0.1) is 5.82 Å². The molecular formula is C9H10FNO2S. The molecule has 0 aromatic heterocycles. The second-order valence-corrected chi connectivity index (χ2v) is 5.56. The van der Waals surface area contributed by atoms with Crippen molar-refractivity contribution >= 4 is 9.84 Å². The predicted octanol–water partition coefficient (Wildman–Crippen LogP) is 0.483. The molecule has 1 heterocycles. The van der Waals surface area contributed by atoms with Gasteiger partial charge in [-0.25, -0.2) is 12.8 Å². The van der Waals surface area contributed by atoms with Crippen molar-refractivity contribution in [3.63, 3.8) is 0 Å². The molecular weight excluding hydrogens is 205 g/mol. The minimum Gasteiger partial charge on any atom is -0.329 e. The molecule has 0 bridgehead atoms. The lowest BCUT2D eigenvalue weighted by atomic mass is 10.1. The molecule has 3 nitrogen and oxygen atoms in total. The summed E-state index contributed by atoms with van der Waals surface area (Å²) < 4.78 is 36.3. The first-order chi connectivity index (χ1) is 6.55. The van der Waals surface area contributed by atoms with Crippen molar-refractivity contribution in [3.8, 4) is 0 Å². The van der Waals surface area contributed by atoms with Gasteiger partial charge in [0, 0.05) is 6.54 Å². The highest BCUT2D eigenvalue weighted by molar-refractivity contribution is 7.92. The molecule has 1 aromatic rings. The van der Waals surface area contributed by atoms with Gasteiger partial charge in [-0.1, -0.05) is 0 Å². The first-order valence-corrected chi connectivity index (χ1v) is 5.82.